The number of nitrogens with one attached hydrogen (secondary N) is 1. The number of rotatable bonds is 9. The minimum Gasteiger partial charge on any atom is -0.481 e. The number of amides is 2. The van der Waals surface area contributed by atoms with Gasteiger partial charge in [0.05, 0.1) is 6.61 Å². The summed E-state index contributed by atoms with van der Waals surface area (Å²) in [4.78, 5) is 35.2. The number of nitrogens with zero attached hydrogens (tertiary/aromatic N) is 1. The van der Waals surface area contributed by atoms with Crippen LogP contribution in [-0.2, 0) is 14.3 Å². The van der Waals surface area contributed by atoms with Gasteiger partial charge in [0.2, 0.25) is 0 Å². The molecule has 0 aromatic carbocycles. The van der Waals surface area contributed by atoms with Crippen LogP contribution in [-0.4, -0.2) is 53.7 Å². The standard InChI is InChI=1S/C13H24N2O5/c1-4-8-15(9-12(18)20-5-2)13(19)14-10(3)6-7-11(16)17/h10H,4-9H2,1-3H3,(H,14,19)(H,16,17). The summed E-state index contributed by atoms with van der Waals surface area (Å²) in [6.45, 7) is 5.95. The first-order valence-corrected chi connectivity index (χ1v) is 6.83. The fourth-order valence-corrected chi connectivity index (χ4v) is 1.60. The molecule has 20 heavy (non-hydrogen) atoms. The Hall–Kier alpha value is -1.79. The number of esters is 1. The zero-order valence-electron chi connectivity index (χ0n) is 12.3. The van der Waals surface area contributed by atoms with Crippen LogP contribution in [0, 0.1) is 0 Å². The second-order valence-corrected chi connectivity index (χ2v) is 4.51. The average molecular weight is 288 g/mol. The number of hydrogen-bond donors (Lipinski definition) is 2. The molecule has 1 unspecified atom stereocenters. The highest BCUT2D eigenvalue weighted by molar-refractivity contribution is 5.81. The molecule has 0 spiro atoms. The van der Waals surface area contributed by atoms with Gasteiger partial charge < -0.3 is 20.1 Å². The van der Waals surface area contributed by atoms with Crippen LogP contribution < -0.4 is 5.32 Å². The van der Waals surface area contributed by atoms with Crippen molar-refractivity contribution in [3.63, 3.8) is 0 Å². The van der Waals surface area contributed by atoms with Crippen LogP contribution in [0.1, 0.15) is 40.0 Å². The molecule has 0 radical (unpaired) electrons. The second-order valence-electron chi connectivity index (χ2n) is 4.51. The van der Waals surface area contributed by atoms with Crippen LogP contribution in [0.3, 0.4) is 0 Å². The molecular weight excluding hydrogens is 264 g/mol. The summed E-state index contributed by atoms with van der Waals surface area (Å²) >= 11 is 0. The second kappa shape index (κ2) is 10.1. The zero-order chi connectivity index (χ0) is 15.5. The van der Waals surface area contributed by atoms with Crippen LogP contribution in [0.5, 0.6) is 0 Å². The van der Waals surface area contributed by atoms with E-state index < -0.39 is 11.9 Å². The van der Waals surface area contributed by atoms with E-state index in [-0.39, 0.29) is 31.6 Å². The summed E-state index contributed by atoms with van der Waals surface area (Å²) in [5.41, 5.74) is 0. The minimum atomic E-state index is -0.900. The van der Waals surface area contributed by atoms with E-state index in [2.05, 4.69) is 5.32 Å². The molecule has 0 aliphatic rings. The van der Waals surface area contributed by atoms with Gasteiger partial charge in [-0.15, -0.1) is 0 Å². The molecule has 0 heterocycles. The number of hydrogen-bond acceptors (Lipinski definition) is 4. The SMILES string of the molecule is CCCN(CC(=O)OCC)C(=O)NC(C)CCC(=O)O. The topological polar surface area (TPSA) is 95.9 Å². The summed E-state index contributed by atoms with van der Waals surface area (Å²) in [7, 11) is 0. The molecule has 1 atom stereocenters. The van der Waals surface area contributed by atoms with Gasteiger partial charge in [-0.2, -0.15) is 0 Å². The molecule has 2 amide bonds. The van der Waals surface area contributed by atoms with Gasteiger partial charge in [0.1, 0.15) is 6.54 Å². The van der Waals surface area contributed by atoms with Crippen molar-refractivity contribution in [3.05, 3.63) is 0 Å². The normalized spacial score (nSPS) is 11.6. The number of carbonyl (C=O) groups is 3. The monoisotopic (exact) mass is 288 g/mol. The molecular formula is C13H24N2O5. The summed E-state index contributed by atoms with van der Waals surface area (Å²) in [6.07, 6.45) is 1.06. The molecule has 0 rings (SSSR count). The van der Waals surface area contributed by atoms with E-state index in [1.54, 1.807) is 13.8 Å². The lowest BCUT2D eigenvalue weighted by molar-refractivity contribution is -0.143. The molecule has 0 fully saturated rings. The first-order valence-electron chi connectivity index (χ1n) is 6.83. The lowest BCUT2D eigenvalue weighted by Crippen LogP contribution is -2.46. The molecule has 7 nitrogen and oxygen atoms in total. The van der Waals surface area contributed by atoms with Crippen molar-refractivity contribution in [2.45, 2.75) is 46.1 Å². The Balaban J connectivity index is 4.33. The van der Waals surface area contributed by atoms with E-state index in [1.165, 1.54) is 4.90 Å². The molecule has 0 aliphatic heterocycles. The van der Waals surface area contributed by atoms with Gasteiger partial charge >= 0.3 is 18.0 Å². The predicted molar refractivity (Wildman–Crippen MR) is 73.4 cm³/mol. The largest absolute Gasteiger partial charge is 0.481 e. The van der Waals surface area contributed by atoms with Gasteiger partial charge in [-0.3, -0.25) is 9.59 Å². The Morgan fingerprint density at radius 3 is 2.45 bits per heavy atom. The van der Waals surface area contributed by atoms with E-state index in [1.807, 2.05) is 6.92 Å². The number of ether oxygens (including phenoxy) is 1. The average Bonchev–Trinajstić information content (AvgIpc) is 2.36. The van der Waals surface area contributed by atoms with Crippen LogP contribution in [0.2, 0.25) is 0 Å². The van der Waals surface area contributed by atoms with Crippen molar-refractivity contribution in [2.75, 3.05) is 19.7 Å². The maximum atomic E-state index is 12.0. The number of carbonyl (C=O) groups excluding carboxylic acids is 2. The predicted octanol–water partition coefficient (Wildman–Crippen LogP) is 1.22. The minimum absolute atomic E-state index is 0.00684. The van der Waals surface area contributed by atoms with Crippen molar-refractivity contribution in [2.24, 2.45) is 0 Å². The maximum Gasteiger partial charge on any atom is 0.325 e. The molecule has 7 heteroatoms. The van der Waals surface area contributed by atoms with Crippen molar-refractivity contribution >= 4 is 18.0 Å². The summed E-state index contributed by atoms with van der Waals surface area (Å²) < 4.78 is 4.81. The first kappa shape index (κ1) is 18.2. The van der Waals surface area contributed by atoms with Gasteiger partial charge in [0, 0.05) is 19.0 Å². The lowest BCUT2D eigenvalue weighted by atomic mass is 10.2. The fourth-order valence-electron chi connectivity index (χ4n) is 1.60. The number of urea groups is 1. The quantitative estimate of drug-likeness (QED) is 0.622. The van der Waals surface area contributed by atoms with Crippen LogP contribution in [0.15, 0.2) is 0 Å². The van der Waals surface area contributed by atoms with Crippen molar-refractivity contribution in [3.8, 4) is 0 Å². The van der Waals surface area contributed by atoms with Crippen LogP contribution in [0.4, 0.5) is 4.79 Å². The highest BCUT2D eigenvalue weighted by atomic mass is 16.5. The van der Waals surface area contributed by atoms with E-state index in [4.69, 9.17) is 9.84 Å². The highest BCUT2D eigenvalue weighted by Crippen LogP contribution is 2.00. The van der Waals surface area contributed by atoms with E-state index in [9.17, 15) is 14.4 Å². The zero-order valence-corrected chi connectivity index (χ0v) is 12.3. The third-order valence-electron chi connectivity index (χ3n) is 2.57. The smallest absolute Gasteiger partial charge is 0.325 e. The van der Waals surface area contributed by atoms with Crippen molar-refractivity contribution < 1.29 is 24.2 Å². The van der Waals surface area contributed by atoms with Crippen LogP contribution in [0.25, 0.3) is 0 Å². The molecule has 0 bridgehead atoms. The van der Waals surface area contributed by atoms with Gasteiger partial charge in [-0.25, -0.2) is 4.79 Å². The third kappa shape index (κ3) is 8.34. The summed E-state index contributed by atoms with van der Waals surface area (Å²) in [5.74, 6) is -1.35. The van der Waals surface area contributed by atoms with E-state index in [0.29, 0.717) is 13.0 Å². The molecule has 0 aromatic rings. The van der Waals surface area contributed by atoms with Crippen molar-refractivity contribution in [1.82, 2.24) is 10.2 Å². The Labute approximate surface area is 119 Å². The molecule has 0 aromatic heterocycles. The maximum absolute atomic E-state index is 12.0. The number of carboxylic acids is 1. The number of aliphatic carboxylic acids is 1. The van der Waals surface area contributed by atoms with E-state index >= 15 is 0 Å². The third-order valence-corrected chi connectivity index (χ3v) is 2.57. The summed E-state index contributed by atoms with van der Waals surface area (Å²) in [5, 5.41) is 11.3. The Kier molecular flexibility index (Phi) is 9.15. The molecule has 2 N–H and O–H groups in total. The number of carboxylic acid groups (broad SMARTS) is 1. The van der Waals surface area contributed by atoms with Gasteiger partial charge in [0.25, 0.3) is 0 Å². The first-order chi connectivity index (χ1) is 9.40. The molecule has 0 saturated carbocycles. The molecule has 116 valence electrons. The van der Waals surface area contributed by atoms with Crippen molar-refractivity contribution in [1.29, 1.82) is 0 Å². The highest BCUT2D eigenvalue weighted by Gasteiger charge is 2.18. The Morgan fingerprint density at radius 1 is 1.30 bits per heavy atom. The van der Waals surface area contributed by atoms with Gasteiger partial charge in [-0.05, 0) is 26.7 Å². The van der Waals surface area contributed by atoms with Gasteiger partial charge in [0.15, 0.2) is 0 Å². The van der Waals surface area contributed by atoms with Crippen LogP contribution >= 0.6 is 0 Å². The van der Waals surface area contributed by atoms with E-state index in [0.717, 1.165) is 6.42 Å². The van der Waals surface area contributed by atoms with Gasteiger partial charge in [-0.1, -0.05) is 6.92 Å². The fraction of sp³-hybridized carbons (Fsp3) is 0.769. The molecule has 0 saturated heterocycles. The Bertz CT molecular complexity index is 333. The lowest BCUT2D eigenvalue weighted by Gasteiger charge is -2.23. The Morgan fingerprint density at radius 2 is 1.95 bits per heavy atom. The summed E-state index contributed by atoms with van der Waals surface area (Å²) in [6, 6.07) is -0.641. The molecule has 0 aliphatic carbocycles.